The molecular weight excluding hydrogens is 257 g/mol. The summed E-state index contributed by atoms with van der Waals surface area (Å²) in [6.07, 6.45) is 1.01. The normalized spacial score (nSPS) is 12.8. The van der Waals surface area contributed by atoms with E-state index in [0.717, 1.165) is 13.0 Å². The zero-order valence-corrected chi connectivity index (χ0v) is 12.6. The molecule has 1 aromatic rings. The molecule has 1 rings (SSSR count). The highest BCUT2D eigenvalue weighted by Crippen LogP contribution is 2.18. The third-order valence-electron chi connectivity index (χ3n) is 3.35. The first kappa shape index (κ1) is 16.4. The van der Waals surface area contributed by atoms with Gasteiger partial charge in [-0.2, -0.15) is 0 Å². The minimum Gasteiger partial charge on any atom is -0.399 e. The van der Waals surface area contributed by atoms with E-state index >= 15 is 0 Å². The molecule has 3 N–H and O–H groups in total. The molecule has 112 valence electrons. The Morgan fingerprint density at radius 1 is 1.40 bits per heavy atom. The van der Waals surface area contributed by atoms with E-state index in [-0.39, 0.29) is 17.6 Å². The zero-order chi connectivity index (χ0) is 15.3. The van der Waals surface area contributed by atoms with Gasteiger partial charge in [0.2, 0.25) is 5.91 Å². The van der Waals surface area contributed by atoms with Gasteiger partial charge in [0.25, 0.3) is 0 Å². The maximum atomic E-state index is 13.6. The second kappa shape index (κ2) is 7.24. The van der Waals surface area contributed by atoms with Crippen LogP contribution in [0.5, 0.6) is 0 Å². The van der Waals surface area contributed by atoms with Crippen molar-refractivity contribution in [3.05, 3.63) is 24.0 Å². The van der Waals surface area contributed by atoms with Crippen molar-refractivity contribution < 1.29 is 9.18 Å². The van der Waals surface area contributed by atoms with E-state index in [4.69, 9.17) is 5.73 Å². The number of hydrogen-bond acceptors (Lipinski definition) is 3. The molecule has 0 heterocycles. The molecule has 0 aliphatic heterocycles. The first-order valence-electron chi connectivity index (χ1n) is 6.87. The van der Waals surface area contributed by atoms with Crippen LogP contribution in [-0.2, 0) is 4.79 Å². The van der Waals surface area contributed by atoms with Crippen molar-refractivity contribution in [1.82, 2.24) is 4.90 Å². The second-order valence-electron chi connectivity index (χ2n) is 5.57. The van der Waals surface area contributed by atoms with Crippen LogP contribution in [0.4, 0.5) is 15.8 Å². The predicted molar refractivity (Wildman–Crippen MR) is 81.0 cm³/mol. The Balaban J connectivity index is 2.63. The summed E-state index contributed by atoms with van der Waals surface area (Å²) in [6.45, 7) is 6.91. The Labute approximate surface area is 120 Å². The van der Waals surface area contributed by atoms with Crippen molar-refractivity contribution in [2.24, 2.45) is 5.92 Å². The van der Waals surface area contributed by atoms with Gasteiger partial charge in [-0.05, 0) is 51.1 Å². The molecule has 0 bridgehead atoms. The fraction of sp³-hybridized carbons (Fsp3) is 0.533. The topological polar surface area (TPSA) is 58.4 Å². The molecule has 0 radical (unpaired) electrons. The number of nitrogens with one attached hydrogen (secondary N) is 1. The van der Waals surface area contributed by atoms with Gasteiger partial charge in [0, 0.05) is 5.69 Å². The van der Waals surface area contributed by atoms with Crippen molar-refractivity contribution in [1.29, 1.82) is 0 Å². The lowest BCUT2D eigenvalue weighted by Crippen LogP contribution is -2.40. The Bertz CT molecular complexity index is 462. The van der Waals surface area contributed by atoms with Crippen LogP contribution in [0.3, 0.4) is 0 Å². The number of hydrogen-bond donors (Lipinski definition) is 2. The molecule has 0 saturated carbocycles. The molecule has 0 aliphatic carbocycles. The first-order chi connectivity index (χ1) is 9.31. The summed E-state index contributed by atoms with van der Waals surface area (Å²) >= 11 is 0. The third-order valence-corrected chi connectivity index (χ3v) is 3.35. The molecule has 0 aliphatic rings. The number of halogens is 1. The van der Waals surface area contributed by atoms with E-state index < -0.39 is 5.82 Å². The summed E-state index contributed by atoms with van der Waals surface area (Å²) in [7, 11) is 1.89. The lowest BCUT2D eigenvalue weighted by molar-refractivity contribution is -0.120. The van der Waals surface area contributed by atoms with Crippen LogP contribution in [-0.4, -0.2) is 30.4 Å². The van der Waals surface area contributed by atoms with Crippen molar-refractivity contribution >= 4 is 17.3 Å². The number of nitrogen functional groups attached to an aromatic ring is 1. The predicted octanol–water partition coefficient (Wildman–Crippen LogP) is 2.71. The van der Waals surface area contributed by atoms with Gasteiger partial charge in [-0.1, -0.05) is 13.8 Å². The summed E-state index contributed by atoms with van der Waals surface area (Å²) in [5, 5.41) is 2.58. The first-order valence-corrected chi connectivity index (χ1v) is 6.87. The monoisotopic (exact) mass is 281 g/mol. The number of nitrogens with two attached hydrogens (primary N) is 1. The molecule has 1 amide bonds. The lowest BCUT2D eigenvalue weighted by atomic mass is 10.1. The number of anilines is 2. The lowest BCUT2D eigenvalue weighted by Gasteiger charge is -2.24. The molecule has 0 saturated heterocycles. The maximum absolute atomic E-state index is 13.6. The van der Waals surface area contributed by atoms with E-state index in [1.807, 2.05) is 11.9 Å². The molecule has 0 spiro atoms. The number of nitrogens with zero attached hydrogens (tertiary/aromatic N) is 1. The van der Waals surface area contributed by atoms with Crippen molar-refractivity contribution in [2.45, 2.75) is 33.2 Å². The molecule has 1 atom stereocenters. The fourth-order valence-corrected chi connectivity index (χ4v) is 1.73. The summed E-state index contributed by atoms with van der Waals surface area (Å²) in [6, 6.07) is 3.81. The molecule has 20 heavy (non-hydrogen) atoms. The molecular formula is C15H24FN3O. The molecule has 0 aromatic heterocycles. The Kier molecular flexibility index (Phi) is 5.95. The number of rotatable bonds is 6. The highest BCUT2D eigenvalue weighted by atomic mass is 19.1. The van der Waals surface area contributed by atoms with Gasteiger partial charge in [0.15, 0.2) is 0 Å². The molecule has 1 unspecified atom stereocenters. The number of carbonyl (C=O) groups excluding carboxylic acids is 1. The average Bonchev–Trinajstić information content (AvgIpc) is 2.39. The molecule has 0 fully saturated rings. The zero-order valence-electron chi connectivity index (χ0n) is 12.6. The summed E-state index contributed by atoms with van der Waals surface area (Å²) in [4.78, 5) is 14.1. The minimum absolute atomic E-state index is 0.124. The number of amides is 1. The van der Waals surface area contributed by atoms with Crippen molar-refractivity contribution in [2.75, 3.05) is 24.6 Å². The van der Waals surface area contributed by atoms with Gasteiger partial charge < -0.3 is 11.1 Å². The molecule has 1 aromatic carbocycles. The van der Waals surface area contributed by atoms with Crippen LogP contribution in [0, 0.1) is 11.7 Å². The van der Waals surface area contributed by atoms with E-state index in [9.17, 15) is 9.18 Å². The summed E-state index contributed by atoms with van der Waals surface area (Å²) in [5.41, 5.74) is 6.13. The molecule has 4 nitrogen and oxygen atoms in total. The Morgan fingerprint density at radius 3 is 2.65 bits per heavy atom. The Morgan fingerprint density at radius 2 is 2.05 bits per heavy atom. The van der Waals surface area contributed by atoms with E-state index in [2.05, 4.69) is 19.2 Å². The third kappa shape index (κ3) is 4.81. The van der Waals surface area contributed by atoms with Crippen LogP contribution in [0.1, 0.15) is 27.2 Å². The Hall–Kier alpha value is -1.62. The van der Waals surface area contributed by atoms with Gasteiger partial charge in [-0.15, -0.1) is 0 Å². The number of likely N-dealkylation sites (N-methyl/N-ethyl adjacent to an activating group) is 1. The van der Waals surface area contributed by atoms with E-state index in [0.29, 0.717) is 11.6 Å². The fourth-order valence-electron chi connectivity index (χ4n) is 1.73. The highest BCUT2D eigenvalue weighted by Gasteiger charge is 2.19. The van der Waals surface area contributed by atoms with Crippen LogP contribution in [0.25, 0.3) is 0 Å². The van der Waals surface area contributed by atoms with Crippen LogP contribution >= 0.6 is 0 Å². The van der Waals surface area contributed by atoms with Gasteiger partial charge >= 0.3 is 0 Å². The van der Waals surface area contributed by atoms with Crippen LogP contribution in [0.15, 0.2) is 18.2 Å². The van der Waals surface area contributed by atoms with Crippen LogP contribution in [0.2, 0.25) is 0 Å². The SMILES string of the molecule is CC(C)CCN(C)C(C)C(=O)Nc1cc(N)ccc1F. The largest absolute Gasteiger partial charge is 0.399 e. The highest BCUT2D eigenvalue weighted by molar-refractivity contribution is 5.95. The molecule has 5 heteroatoms. The number of benzene rings is 1. The average molecular weight is 281 g/mol. The second-order valence-corrected chi connectivity index (χ2v) is 5.57. The quantitative estimate of drug-likeness (QED) is 0.788. The van der Waals surface area contributed by atoms with Crippen molar-refractivity contribution in [3.63, 3.8) is 0 Å². The maximum Gasteiger partial charge on any atom is 0.241 e. The number of carbonyl (C=O) groups is 1. The summed E-state index contributed by atoms with van der Waals surface area (Å²) in [5.74, 6) is -0.135. The van der Waals surface area contributed by atoms with E-state index in [1.54, 1.807) is 6.92 Å². The summed E-state index contributed by atoms with van der Waals surface area (Å²) < 4.78 is 13.6. The van der Waals surface area contributed by atoms with E-state index in [1.165, 1.54) is 18.2 Å². The van der Waals surface area contributed by atoms with Gasteiger partial charge in [0.1, 0.15) is 5.82 Å². The smallest absolute Gasteiger partial charge is 0.241 e. The van der Waals surface area contributed by atoms with Gasteiger partial charge in [-0.25, -0.2) is 4.39 Å². The minimum atomic E-state index is -0.482. The van der Waals surface area contributed by atoms with Gasteiger partial charge in [0.05, 0.1) is 11.7 Å². The van der Waals surface area contributed by atoms with Crippen LogP contribution < -0.4 is 11.1 Å². The van der Waals surface area contributed by atoms with Crippen molar-refractivity contribution in [3.8, 4) is 0 Å². The standard InChI is InChI=1S/C15H24FN3O/c1-10(2)7-8-19(4)11(3)15(20)18-14-9-12(17)5-6-13(14)16/h5-6,9-11H,7-8,17H2,1-4H3,(H,18,20). The van der Waals surface area contributed by atoms with Gasteiger partial charge in [-0.3, -0.25) is 9.69 Å².